The molecule has 0 saturated carbocycles. The molecule has 0 bridgehead atoms. The second-order valence-electron chi connectivity index (χ2n) is 3.34. The summed E-state index contributed by atoms with van der Waals surface area (Å²) < 4.78 is 13.7. The lowest BCUT2D eigenvalue weighted by Crippen LogP contribution is -2.20. The van der Waals surface area contributed by atoms with Crippen LogP contribution in [0.25, 0.3) is 0 Å². The Kier molecular flexibility index (Phi) is 4.81. The van der Waals surface area contributed by atoms with Gasteiger partial charge < -0.3 is 5.32 Å². The highest BCUT2D eigenvalue weighted by molar-refractivity contribution is 7.98. The Balaban J connectivity index is 2.76. The summed E-state index contributed by atoms with van der Waals surface area (Å²) in [5, 5.41) is 3.04. The number of anilines is 1. The van der Waals surface area contributed by atoms with Crippen molar-refractivity contribution in [1.82, 2.24) is 9.97 Å². The average molecular weight is 229 g/mol. The van der Waals surface area contributed by atoms with Gasteiger partial charge in [-0.15, -0.1) is 0 Å². The molecule has 1 N–H and O–H groups in total. The summed E-state index contributed by atoms with van der Waals surface area (Å²) in [7, 11) is 0. The number of halogens is 1. The van der Waals surface area contributed by atoms with Gasteiger partial charge in [0.15, 0.2) is 11.6 Å². The lowest BCUT2D eigenvalue weighted by Gasteiger charge is -2.14. The van der Waals surface area contributed by atoms with Crippen LogP contribution in [-0.4, -0.2) is 28.0 Å². The molecule has 5 heteroatoms. The number of rotatable bonds is 5. The van der Waals surface area contributed by atoms with E-state index in [1.165, 1.54) is 6.33 Å². The largest absolute Gasteiger partial charge is 0.364 e. The van der Waals surface area contributed by atoms with Crippen LogP contribution in [0.3, 0.4) is 0 Å². The molecule has 1 aromatic rings. The number of thioether (sulfide) groups is 1. The Bertz CT molecular complexity index is 320. The molecule has 84 valence electrons. The van der Waals surface area contributed by atoms with Crippen molar-refractivity contribution in [1.29, 1.82) is 0 Å². The first-order valence-electron chi connectivity index (χ1n) is 4.93. The summed E-state index contributed by atoms with van der Waals surface area (Å²) in [5.41, 5.74) is 0.462. The maximum atomic E-state index is 13.7. The van der Waals surface area contributed by atoms with Gasteiger partial charge in [0.1, 0.15) is 6.33 Å². The molecule has 15 heavy (non-hydrogen) atoms. The molecule has 1 atom stereocenters. The molecule has 0 fully saturated rings. The zero-order chi connectivity index (χ0) is 11.3. The smallest absolute Gasteiger partial charge is 0.186 e. The zero-order valence-electron chi connectivity index (χ0n) is 9.25. The van der Waals surface area contributed by atoms with Gasteiger partial charge in [-0.3, -0.25) is 0 Å². The van der Waals surface area contributed by atoms with Crippen molar-refractivity contribution >= 4 is 17.6 Å². The van der Waals surface area contributed by atoms with Gasteiger partial charge in [-0.25, -0.2) is 14.4 Å². The van der Waals surface area contributed by atoms with Crippen molar-refractivity contribution < 1.29 is 4.39 Å². The maximum Gasteiger partial charge on any atom is 0.186 e. The summed E-state index contributed by atoms with van der Waals surface area (Å²) in [5.74, 6) is 0.904. The number of hydrogen-bond donors (Lipinski definition) is 1. The molecule has 0 aliphatic rings. The van der Waals surface area contributed by atoms with E-state index < -0.39 is 0 Å². The summed E-state index contributed by atoms with van der Waals surface area (Å²) in [6, 6.07) is 0.203. The second-order valence-corrected chi connectivity index (χ2v) is 4.25. The number of aryl methyl sites for hydroxylation is 1. The minimum atomic E-state index is -0.326. The Labute approximate surface area is 93.9 Å². The molecule has 1 aromatic heterocycles. The standard InChI is InChI=1S/C10H16FN3S/c1-4-8-9(11)10(13-6-12-8)14-7(2)5-15-3/h6-7H,4-5H2,1-3H3,(H,12,13,14). The van der Waals surface area contributed by atoms with Crippen LogP contribution in [0.4, 0.5) is 10.2 Å². The highest BCUT2D eigenvalue weighted by atomic mass is 32.2. The van der Waals surface area contributed by atoms with Gasteiger partial charge in [0.25, 0.3) is 0 Å². The fraction of sp³-hybridized carbons (Fsp3) is 0.600. The normalized spacial score (nSPS) is 12.5. The van der Waals surface area contributed by atoms with Crippen molar-refractivity contribution in [2.24, 2.45) is 0 Å². The molecule has 1 rings (SSSR count). The molecule has 0 spiro atoms. The predicted molar refractivity (Wildman–Crippen MR) is 62.8 cm³/mol. The van der Waals surface area contributed by atoms with Crippen LogP contribution in [0, 0.1) is 5.82 Å². The van der Waals surface area contributed by atoms with E-state index in [1.54, 1.807) is 11.8 Å². The number of nitrogens with zero attached hydrogens (tertiary/aromatic N) is 2. The quantitative estimate of drug-likeness (QED) is 0.841. The molecule has 3 nitrogen and oxygen atoms in total. The van der Waals surface area contributed by atoms with E-state index in [0.29, 0.717) is 17.9 Å². The summed E-state index contributed by atoms with van der Waals surface area (Å²) >= 11 is 1.72. The molecular formula is C10H16FN3S. The summed E-state index contributed by atoms with van der Waals surface area (Å²) in [4.78, 5) is 7.78. The first kappa shape index (κ1) is 12.2. The van der Waals surface area contributed by atoms with Gasteiger partial charge in [-0.05, 0) is 19.6 Å². The van der Waals surface area contributed by atoms with E-state index in [1.807, 2.05) is 20.1 Å². The molecule has 0 aliphatic carbocycles. The van der Waals surface area contributed by atoms with E-state index in [-0.39, 0.29) is 11.9 Å². The first-order chi connectivity index (χ1) is 7.19. The highest BCUT2D eigenvalue weighted by Gasteiger charge is 2.11. The Morgan fingerprint density at radius 2 is 2.27 bits per heavy atom. The number of aromatic nitrogens is 2. The molecule has 0 amide bonds. The van der Waals surface area contributed by atoms with Gasteiger partial charge >= 0.3 is 0 Å². The van der Waals surface area contributed by atoms with E-state index in [0.717, 1.165) is 5.75 Å². The third-order valence-corrected chi connectivity index (χ3v) is 2.83. The third-order valence-electron chi connectivity index (χ3n) is 2.00. The van der Waals surface area contributed by atoms with Crippen LogP contribution in [0.5, 0.6) is 0 Å². The Hall–Kier alpha value is -0.840. The fourth-order valence-corrected chi connectivity index (χ4v) is 1.86. The molecule has 0 radical (unpaired) electrons. The Morgan fingerprint density at radius 1 is 1.53 bits per heavy atom. The monoisotopic (exact) mass is 229 g/mol. The van der Waals surface area contributed by atoms with Gasteiger partial charge in [0.2, 0.25) is 0 Å². The van der Waals surface area contributed by atoms with Crippen LogP contribution in [-0.2, 0) is 6.42 Å². The SMILES string of the molecule is CCc1ncnc(NC(C)CSC)c1F. The van der Waals surface area contributed by atoms with Gasteiger partial charge in [-0.2, -0.15) is 11.8 Å². The van der Waals surface area contributed by atoms with Crippen molar-refractivity contribution in [3.05, 3.63) is 17.8 Å². The molecule has 1 heterocycles. The lowest BCUT2D eigenvalue weighted by molar-refractivity contribution is 0.594. The minimum absolute atomic E-state index is 0.203. The Morgan fingerprint density at radius 3 is 2.87 bits per heavy atom. The van der Waals surface area contributed by atoms with Gasteiger partial charge in [0, 0.05) is 11.8 Å². The van der Waals surface area contributed by atoms with Crippen molar-refractivity contribution in [3.8, 4) is 0 Å². The van der Waals surface area contributed by atoms with Crippen molar-refractivity contribution in [3.63, 3.8) is 0 Å². The fourth-order valence-electron chi connectivity index (χ4n) is 1.28. The average Bonchev–Trinajstić information content (AvgIpc) is 2.21. The van der Waals surface area contributed by atoms with E-state index >= 15 is 0 Å². The number of hydrogen-bond acceptors (Lipinski definition) is 4. The molecule has 1 unspecified atom stereocenters. The van der Waals surface area contributed by atoms with Crippen LogP contribution >= 0.6 is 11.8 Å². The van der Waals surface area contributed by atoms with Crippen LogP contribution in [0.1, 0.15) is 19.5 Å². The molecule has 0 aliphatic heterocycles. The zero-order valence-corrected chi connectivity index (χ0v) is 10.1. The van der Waals surface area contributed by atoms with E-state index in [4.69, 9.17) is 0 Å². The molecular weight excluding hydrogens is 213 g/mol. The van der Waals surface area contributed by atoms with E-state index in [2.05, 4.69) is 15.3 Å². The van der Waals surface area contributed by atoms with E-state index in [9.17, 15) is 4.39 Å². The molecule has 0 saturated heterocycles. The van der Waals surface area contributed by atoms with Gasteiger partial charge in [-0.1, -0.05) is 6.92 Å². The first-order valence-corrected chi connectivity index (χ1v) is 6.33. The van der Waals surface area contributed by atoms with Crippen LogP contribution in [0.2, 0.25) is 0 Å². The summed E-state index contributed by atoms with van der Waals surface area (Å²) in [6.45, 7) is 3.88. The maximum absolute atomic E-state index is 13.7. The van der Waals surface area contributed by atoms with Crippen LogP contribution in [0.15, 0.2) is 6.33 Å². The lowest BCUT2D eigenvalue weighted by atomic mass is 10.3. The predicted octanol–water partition coefficient (Wildman–Crippen LogP) is 2.34. The minimum Gasteiger partial charge on any atom is -0.364 e. The molecule has 0 aromatic carbocycles. The third kappa shape index (κ3) is 3.34. The van der Waals surface area contributed by atoms with Crippen molar-refractivity contribution in [2.75, 3.05) is 17.3 Å². The van der Waals surface area contributed by atoms with Crippen molar-refractivity contribution in [2.45, 2.75) is 26.3 Å². The topological polar surface area (TPSA) is 37.8 Å². The van der Waals surface area contributed by atoms with Gasteiger partial charge in [0.05, 0.1) is 5.69 Å². The summed E-state index contributed by atoms with van der Waals surface area (Å²) in [6.07, 6.45) is 4.00. The second kappa shape index (κ2) is 5.90. The highest BCUT2D eigenvalue weighted by Crippen LogP contribution is 2.14. The number of nitrogens with one attached hydrogen (secondary N) is 1. The van der Waals surface area contributed by atoms with Crippen LogP contribution < -0.4 is 5.32 Å².